The standard InChI is InChI=1S/C9H5BrCl2F2O2/c10-3-6(15)4-1-5(11)8(12)7(2-4)16-9(13)14/h1-2,9H,3H2. The SMILES string of the molecule is O=C(CBr)c1cc(Cl)c(Cl)c(OC(F)F)c1. The summed E-state index contributed by atoms with van der Waals surface area (Å²) in [6.07, 6.45) is 0. The van der Waals surface area contributed by atoms with Crippen LogP contribution in [0.3, 0.4) is 0 Å². The summed E-state index contributed by atoms with van der Waals surface area (Å²) in [6, 6.07) is 2.43. The molecular formula is C9H5BrCl2F2O2. The molecule has 0 saturated carbocycles. The average molecular weight is 334 g/mol. The molecular weight excluding hydrogens is 329 g/mol. The van der Waals surface area contributed by atoms with E-state index >= 15 is 0 Å². The van der Waals surface area contributed by atoms with Crippen molar-refractivity contribution in [3.63, 3.8) is 0 Å². The lowest BCUT2D eigenvalue weighted by molar-refractivity contribution is -0.0498. The van der Waals surface area contributed by atoms with E-state index in [9.17, 15) is 13.6 Å². The number of alkyl halides is 3. The molecule has 0 bridgehead atoms. The zero-order chi connectivity index (χ0) is 12.3. The number of rotatable bonds is 4. The summed E-state index contributed by atoms with van der Waals surface area (Å²) in [5, 5.41) is -0.101. The molecule has 0 amide bonds. The molecule has 7 heteroatoms. The van der Waals surface area contributed by atoms with Crippen LogP contribution in [0.15, 0.2) is 12.1 Å². The van der Waals surface area contributed by atoms with Crippen LogP contribution in [0.2, 0.25) is 10.0 Å². The maximum atomic E-state index is 12.0. The molecule has 0 aliphatic heterocycles. The van der Waals surface area contributed by atoms with E-state index in [0.717, 1.165) is 6.07 Å². The zero-order valence-corrected chi connectivity index (χ0v) is 10.7. The van der Waals surface area contributed by atoms with Crippen LogP contribution in [0.5, 0.6) is 5.75 Å². The van der Waals surface area contributed by atoms with Crippen LogP contribution in [-0.2, 0) is 0 Å². The molecule has 2 nitrogen and oxygen atoms in total. The molecule has 0 aliphatic carbocycles. The number of hydrogen-bond acceptors (Lipinski definition) is 2. The van der Waals surface area contributed by atoms with Crippen molar-refractivity contribution in [1.29, 1.82) is 0 Å². The molecule has 0 saturated heterocycles. The number of benzene rings is 1. The Balaban J connectivity index is 3.16. The van der Waals surface area contributed by atoms with Crippen molar-refractivity contribution in [2.24, 2.45) is 0 Å². The van der Waals surface area contributed by atoms with Gasteiger partial charge in [0.15, 0.2) is 5.78 Å². The Morgan fingerprint density at radius 3 is 2.56 bits per heavy atom. The van der Waals surface area contributed by atoms with Crippen LogP contribution < -0.4 is 4.74 Å². The average Bonchev–Trinajstić information content (AvgIpc) is 2.22. The first-order valence-electron chi connectivity index (χ1n) is 3.98. The first-order valence-corrected chi connectivity index (χ1v) is 5.86. The molecule has 0 N–H and O–H groups in total. The van der Waals surface area contributed by atoms with Crippen LogP contribution in [-0.4, -0.2) is 17.7 Å². The molecule has 0 heterocycles. The summed E-state index contributed by atoms with van der Waals surface area (Å²) in [7, 11) is 0. The highest BCUT2D eigenvalue weighted by Gasteiger charge is 2.15. The third kappa shape index (κ3) is 3.30. The number of ether oxygens (including phenoxy) is 1. The third-order valence-corrected chi connectivity index (χ3v) is 2.95. The molecule has 88 valence electrons. The van der Waals surface area contributed by atoms with Crippen molar-refractivity contribution >= 4 is 44.9 Å². The van der Waals surface area contributed by atoms with Crippen LogP contribution in [0.1, 0.15) is 10.4 Å². The fourth-order valence-electron chi connectivity index (χ4n) is 0.984. The summed E-state index contributed by atoms with van der Waals surface area (Å²) in [5.74, 6) is -0.619. The van der Waals surface area contributed by atoms with Crippen LogP contribution in [0, 0.1) is 0 Å². The molecule has 0 aliphatic rings. The Kier molecular flexibility index (Phi) is 4.95. The van der Waals surface area contributed by atoms with Crippen molar-refractivity contribution in [3.05, 3.63) is 27.7 Å². The van der Waals surface area contributed by atoms with Crippen molar-refractivity contribution in [1.82, 2.24) is 0 Å². The normalized spacial score (nSPS) is 10.6. The molecule has 0 atom stereocenters. The van der Waals surface area contributed by atoms with E-state index in [4.69, 9.17) is 23.2 Å². The lowest BCUT2D eigenvalue weighted by Gasteiger charge is -2.09. The minimum atomic E-state index is -3.03. The zero-order valence-electron chi connectivity index (χ0n) is 7.65. The van der Waals surface area contributed by atoms with E-state index in [2.05, 4.69) is 20.7 Å². The van der Waals surface area contributed by atoms with E-state index in [1.54, 1.807) is 0 Å². The van der Waals surface area contributed by atoms with Crippen LogP contribution >= 0.6 is 39.1 Å². The molecule has 1 rings (SSSR count). The van der Waals surface area contributed by atoms with E-state index in [1.165, 1.54) is 6.07 Å². The Morgan fingerprint density at radius 1 is 1.44 bits per heavy atom. The van der Waals surface area contributed by atoms with Crippen LogP contribution in [0.25, 0.3) is 0 Å². The van der Waals surface area contributed by atoms with Crippen molar-refractivity contribution in [3.8, 4) is 5.75 Å². The lowest BCUT2D eigenvalue weighted by Crippen LogP contribution is -2.05. The van der Waals surface area contributed by atoms with Gasteiger partial charge in [0.2, 0.25) is 0 Å². The number of ketones is 1. The van der Waals surface area contributed by atoms with Gasteiger partial charge in [-0.25, -0.2) is 0 Å². The predicted octanol–water partition coefficient (Wildman–Crippen LogP) is 4.17. The summed E-state index contributed by atoms with van der Waals surface area (Å²) in [4.78, 5) is 11.3. The lowest BCUT2D eigenvalue weighted by atomic mass is 10.1. The first-order chi connectivity index (χ1) is 7.45. The highest BCUT2D eigenvalue weighted by Crippen LogP contribution is 2.34. The fourth-order valence-corrected chi connectivity index (χ4v) is 1.67. The smallest absolute Gasteiger partial charge is 0.387 e. The van der Waals surface area contributed by atoms with Gasteiger partial charge in [-0.2, -0.15) is 8.78 Å². The second-order valence-corrected chi connectivity index (χ2v) is 4.05. The number of carbonyl (C=O) groups excluding carboxylic acids is 1. The number of Topliss-reactive ketones (excluding diaryl/α,β-unsaturated/α-hetero) is 1. The van der Waals surface area contributed by atoms with Gasteiger partial charge in [0.25, 0.3) is 0 Å². The van der Waals surface area contributed by atoms with Gasteiger partial charge in [0.05, 0.1) is 10.4 Å². The third-order valence-electron chi connectivity index (χ3n) is 1.65. The summed E-state index contributed by atoms with van der Waals surface area (Å²) < 4.78 is 28.2. The molecule has 0 spiro atoms. The summed E-state index contributed by atoms with van der Waals surface area (Å²) >= 11 is 14.3. The second kappa shape index (κ2) is 5.80. The maximum absolute atomic E-state index is 12.0. The van der Waals surface area contributed by atoms with Crippen LogP contribution in [0.4, 0.5) is 8.78 Å². The molecule has 0 fully saturated rings. The minimum Gasteiger partial charge on any atom is -0.433 e. The molecule has 1 aromatic rings. The number of hydrogen-bond donors (Lipinski definition) is 0. The van der Waals surface area contributed by atoms with Gasteiger partial charge in [0, 0.05) is 5.56 Å². The topological polar surface area (TPSA) is 26.3 Å². The maximum Gasteiger partial charge on any atom is 0.387 e. The van der Waals surface area contributed by atoms with Gasteiger partial charge in [-0.1, -0.05) is 39.1 Å². The largest absolute Gasteiger partial charge is 0.433 e. The van der Waals surface area contributed by atoms with Crippen molar-refractivity contribution in [2.75, 3.05) is 5.33 Å². The molecule has 16 heavy (non-hydrogen) atoms. The summed E-state index contributed by atoms with van der Waals surface area (Å²) in [5.41, 5.74) is 0.155. The summed E-state index contributed by atoms with van der Waals surface area (Å²) in [6.45, 7) is -3.03. The number of halogens is 5. The monoisotopic (exact) mass is 332 g/mol. The Morgan fingerprint density at radius 2 is 2.06 bits per heavy atom. The Hall–Kier alpha value is -0.390. The van der Waals surface area contributed by atoms with Gasteiger partial charge in [-0.3, -0.25) is 4.79 Å². The minimum absolute atomic E-state index is 0.0101. The van der Waals surface area contributed by atoms with Gasteiger partial charge < -0.3 is 4.74 Å². The predicted molar refractivity (Wildman–Crippen MR) is 61.2 cm³/mol. The Bertz CT molecular complexity index is 413. The van der Waals surface area contributed by atoms with E-state index in [0.29, 0.717) is 0 Å². The molecule has 0 radical (unpaired) electrons. The molecule has 0 aromatic heterocycles. The fraction of sp³-hybridized carbons (Fsp3) is 0.222. The van der Waals surface area contributed by atoms with Gasteiger partial charge in [0.1, 0.15) is 10.8 Å². The van der Waals surface area contributed by atoms with Gasteiger partial charge in [-0.15, -0.1) is 0 Å². The second-order valence-electron chi connectivity index (χ2n) is 2.71. The van der Waals surface area contributed by atoms with Crippen molar-refractivity contribution in [2.45, 2.75) is 6.61 Å². The van der Waals surface area contributed by atoms with E-state index in [-0.39, 0.29) is 32.5 Å². The quantitative estimate of drug-likeness (QED) is 0.610. The van der Waals surface area contributed by atoms with Gasteiger partial charge in [-0.05, 0) is 12.1 Å². The van der Waals surface area contributed by atoms with Crippen molar-refractivity contribution < 1.29 is 18.3 Å². The first kappa shape index (κ1) is 13.7. The Labute approximate surface area is 109 Å². The molecule has 1 aromatic carbocycles. The van der Waals surface area contributed by atoms with Gasteiger partial charge >= 0.3 is 6.61 Å². The van der Waals surface area contributed by atoms with E-state index in [1.807, 2.05) is 0 Å². The number of carbonyl (C=O) groups is 1. The van der Waals surface area contributed by atoms with E-state index < -0.39 is 6.61 Å². The molecule has 0 unspecified atom stereocenters. The highest BCUT2D eigenvalue weighted by atomic mass is 79.9. The highest BCUT2D eigenvalue weighted by molar-refractivity contribution is 9.09.